The monoisotopic (exact) mass is 156 g/mol. The quantitative estimate of drug-likeness (QED) is 0.433. The van der Waals surface area contributed by atoms with Gasteiger partial charge in [0.05, 0.1) is 0 Å². The number of allylic oxidation sites excluding steroid dienone is 4. The van der Waals surface area contributed by atoms with Gasteiger partial charge in [-0.05, 0) is 19.8 Å². The molecule has 0 amide bonds. The van der Waals surface area contributed by atoms with Gasteiger partial charge in [0.1, 0.15) is 0 Å². The summed E-state index contributed by atoms with van der Waals surface area (Å²) in [5.74, 6) is 0. The number of rotatable bonds is 3. The summed E-state index contributed by atoms with van der Waals surface area (Å²) < 4.78 is 0. The third kappa shape index (κ3) is 4.76. The Hall–Kier alpha value is -0.0900. The van der Waals surface area contributed by atoms with E-state index < -0.39 is 0 Å². The molecule has 0 fully saturated rings. The van der Waals surface area contributed by atoms with Gasteiger partial charge in [-0.15, -0.1) is 9.24 Å². The van der Waals surface area contributed by atoms with Gasteiger partial charge in [0.15, 0.2) is 0 Å². The molecule has 0 saturated carbocycles. The van der Waals surface area contributed by atoms with E-state index in [1.807, 2.05) is 0 Å². The van der Waals surface area contributed by atoms with Crippen LogP contribution < -0.4 is 0 Å². The SMILES string of the molecule is CC/C(C)=C/C=C(/P)CC. The van der Waals surface area contributed by atoms with Gasteiger partial charge in [0.25, 0.3) is 0 Å². The van der Waals surface area contributed by atoms with Crippen molar-refractivity contribution in [1.82, 2.24) is 0 Å². The first-order valence-corrected chi connectivity index (χ1v) is 4.40. The summed E-state index contributed by atoms with van der Waals surface area (Å²) in [4.78, 5) is 0. The van der Waals surface area contributed by atoms with Crippen LogP contribution >= 0.6 is 9.24 Å². The maximum Gasteiger partial charge on any atom is -0.0308 e. The van der Waals surface area contributed by atoms with E-state index in [2.05, 4.69) is 42.2 Å². The van der Waals surface area contributed by atoms with Gasteiger partial charge in [0.2, 0.25) is 0 Å². The zero-order valence-corrected chi connectivity index (χ0v) is 8.30. The zero-order chi connectivity index (χ0) is 7.98. The van der Waals surface area contributed by atoms with Gasteiger partial charge in [-0.3, -0.25) is 0 Å². The summed E-state index contributed by atoms with van der Waals surface area (Å²) in [6, 6.07) is 0. The van der Waals surface area contributed by atoms with Gasteiger partial charge in [-0.1, -0.05) is 36.9 Å². The van der Waals surface area contributed by atoms with Crippen molar-refractivity contribution in [2.45, 2.75) is 33.6 Å². The van der Waals surface area contributed by atoms with Crippen LogP contribution in [0.4, 0.5) is 0 Å². The second kappa shape index (κ2) is 5.68. The molecule has 0 nitrogen and oxygen atoms in total. The first-order valence-electron chi connectivity index (χ1n) is 3.82. The lowest BCUT2D eigenvalue weighted by Gasteiger charge is -1.92. The van der Waals surface area contributed by atoms with E-state index in [-0.39, 0.29) is 0 Å². The van der Waals surface area contributed by atoms with E-state index in [9.17, 15) is 0 Å². The summed E-state index contributed by atoms with van der Waals surface area (Å²) in [5, 5.41) is 1.37. The number of hydrogen-bond donors (Lipinski definition) is 0. The first-order chi connectivity index (χ1) is 4.70. The fraction of sp³-hybridized carbons (Fsp3) is 0.556. The molecule has 0 aliphatic heterocycles. The van der Waals surface area contributed by atoms with Crippen LogP contribution in [0.25, 0.3) is 0 Å². The summed E-state index contributed by atoms with van der Waals surface area (Å²) in [6.45, 7) is 6.49. The molecule has 10 heavy (non-hydrogen) atoms. The summed E-state index contributed by atoms with van der Waals surface area (Å²) in [6.07, 6.45) is 6.63. The molecule has 0 spiro atoms. The van der Waals surface area contributed by atoms with Gasteiger partial charge >= 0.3 is 0 Å². The standard InChI is InChI=1S/C9H17P/c1-4-8(3)6-7-9(10)5-2/h6-7H,4-5,10H2,1-3H3/b8-6+,9-7+. The Balaban J connectivity index is 3.91. The minimum atomic E-state index is 1.12. The Labute approximate surface area is 66.6 Å². The Morgan fingerprint density at radius 2 is 1.80 bits per heavy atom. The van der Waals surface area contributed by atoms with E-state index in [1.54, 1.807) is 0 Å². The van der Waals surface area contributed by atoms with Crippen molar-refractivity contribution in [3.63, 3.8) is 0 Å². The topological polar surface area (TPSA) is 0 Å². The molecule has 0 heterocycles. The molecule has 0 aromatic heterocycles. The van der Waals surface area contributed by atoms with Gasteiger partial charge in [0, 0.05) is 0 Å². The van der Waals surface area contributed by atoms with Crippen molar-refractivity contribution in [3.05, 3.63) is 23.0 Å². The summed E-state index contributed by atoms with van der Waals surface area (Å²) in [7, 11) is 2.74. The first kappa shape index (κ1) is 9.91. The highest BCUT2D eigenvalue weighted by molar-refractivity contribution is 7.22. The average Bonchev–Trinajstić information content (AvgIpc) is 1.99. The van der Waals surface area contributed by atoms with E-state index in [4.69, 9.17) is 0 Å². The van der Waals surface area contributed by atoms with Crippen LogP contribution in [0.1, 0.15) is 33.6 Å². The van der Waals surface area contributed by atoms with Gasteiger partial charge in [-0.2, -0.15) is 0 Å². The molecule has 0 saturated heterocycles. The largest absolute Gasteiger partial charge is 0.110 e. The summed E-state index contributed by atoms with van der Waals surface area (Å²) in [5.41, 5.74) is 1.44. The third-order valence-corrected chi connectivity index (χ3v) is 2.15. The molecule has 0 aromatic carbocycles. The fourth-order valence-electron chi connectivity index (χ4n) is 0.485. The smallest absolute Gasteiger partial charge is 0.0308 e. The van der Waals surface area contributed by atoms with Crippen molar-refractivity contribution in [2.24, 2.45) is 0 Å². The second-order valence-corrected chi connectivity index (χ2v) is 3.20. The lowest BCUT2D eigenvalue weighted by Crippen LogP contribution is -1.69. The predicted octanol–water partition coefficient (Wildman–Crippen LogP) is 3.51. The molecule has 1 unspecified atom stereocenters. The molecule has 0 aliphatic carbocycles. The van der Waals surface area contributed by atoms with Crippen molar-refractivity contribution in [1.29, 1.82) is 0 Å². The van der Waals surface area contributed by atoms with Crippen LogP contribution in [-0.2, 0) is 0 Å². The van der Waals surface area contributed by atoms with Gasteiger partial charge in [-0.25, -0.2) is 0 Å². The molecule has 0 aliphatic rings. The maximum atomic E-state index is 2.74. The van der Waals surface area contributed by atoms with Crippen LogP contribution in [0.5, 0.6) is 0 Å². The Bertz CT molecular complexity index is 125. The maximum absolute atomic E-state index is 2.74. The number of hydrogen-bond acceptors (Lipinski definition) is 0. The van der Waals surface area contributed by atoms with Crippen LogP contribution in [0, 0.1) is 0 Å². The molecule has 0 rings (SSSR count). The van der Waals surface area contributed by atoms with E-state index in [0.29, 0.717) is 0 Å². The van der Waals surface area contributed by atoms with Crippen molar-refractivity contribution in [3.8, 4) is 0 Å². The fourth-order valence-corrected chi connectivity index (χ4v) is 0.581. The zero-order valence-electron chi connectivity index (χ0n) is 7.15. The Morgan fingerprint density at radius 1 is 1.20 bits per heavy atom. The summed E-state index contributed by atoms with van der Waals surface area (Å²) >= 11 is 0. The molecule has 58 valence electrons. The Kier molecular flexibility index (Phi) is 5.63. The average molecular weight is 156 g/mol. The van der Waals surface area contributed by atoms with Crippen LogP contribution in [0.2, 0.25) is 0 Å². The second-order valence-electron chi connectivity index (χ2n) is 2.46. The van der Waals surface area contributed by atoms with Crippen LogP contribution in [0.3, 0.4) is 0 Å². The van der Waals surface area contributed by atoms with Crippen molar-refractivity contribution >= 4 is 9.24 Å². The third-order valence-electron chi connectivity index (χ3n) is 1.55. The molecule has 1 atom stereocenters. The normalized spacial score (nSPS) is 14.0. The lowest BCUT2D eigenvalue weighted by atomic mass is 10.2. The highest BCUT2D eigenvalue weighted by atomic mass is 31.0. The predicted molar refractivity (Wildman–Crippen MR) is 52.1 cm³/mol. The molecular weight excluding hydrogens is 139 g/mol. The minimum Gasteiger partial charge on any atom is -0.110 e. The molecule has 0 radical (unpaired) electrons. The van der Waals surface area contributed by atoms with E-state index >= 15 is 0 Å². The van der Waals surface area contributed by atoms with E-state index in [1.165, 1.54) is 10.9 Å². The lowest BCUT2D eigenvalue weighted by molar-refractivity contribution is 1.10. The molecule has 0 bridgehead atoms. The highest BCUT2D eigenvalue weighted by Gasteiger charge is 1.81. The van der Waals surface area contributed by atoms with Crippen molar-refractivity contribution < 1.29 is 0 Å². The van der Waals surface area contributed by atoms with Crippen molar-refractivity contribution in [2.75, 3.05) is 0 Å². The van der Waals surface area contributed by atoms with E-state index in [0.717, 1.165) is 12.8 Å². The van der Waals surface area contributed by atoms with Crippen LogP contribution in [-0.4, -0.2) is 0 Å². The molecular formula is C9H17P. The molecule has 1 heteroatoms. The van der Waals surface area contributed by atoms with Crippen LogP contribution in [0.15, 0.2) is 23.0 Å². The molecule has 0 N–H and O–H groups in total. The van der Waals surface area contributed by atoms with Gasteiger partial charge < -0.3 is 0 Å². The minimum absolute atomic E-state index is 1.12. The molecule has 0 aromatic rings. The highest BCUT2D eigenvalue weighted by Crippen LogP contribution is 2.10. The Morgan fingerprint density at radius 3 is 2.20 bits per heavy atom.